The SMILES string of the molecule is Fc1ccc(-c2nnn(Cc3ccc(Br)cc3)c2I)cc1. The molecule has 6 heteroatoms. The molecule has 0 bridgehead atoms. The van der Waals surface area contributed by atoms with E-state index in [1.807, 2.05) is 28.9 Å². The lowest BCUT2D eigenvalue weighted by Gasteiger charge is -2.03. The van der Waals surface area contributed by atoms with Gasteiger partial charge in [0, 0.05) is 10.0 Å². The maximum Gasteiger partial charge on any atom is 0.127 e. The zero-order valence-electron chi connectivity index (χ0n) is 10.8. The first-order valence-corrected chi connectivity index (χ1v) is 8.10. The van der Waals surface area contributed by atoms with Gasteiger partial charge in [-0.25, -0.2) is 9.07 Å². The van der Waals surface area contributed by atoms with Gasteiger partial charge in [-0.3, -0.25) is 0 Å². The van der Waals surface area contributed by atoms with E-state index in [-0.39, 0.29) is 5.82 Å². The number of hydrogen-bond donors (Lipinski definition) is 0. The van der Waals surface area contributed by atoms with Crippen molar-refractivity contribution in [2.75, 3.05) is 0 Å². The Labute approximate surface area is 143 Å². The highest BCUT2D eigenvalue weighted by Crippen LogP contribution is 2.23. The number of rotatable bonds is 3. The number of benzene rings is 2. The summed E-state index contributed by atoms with van der Waals surface area (Å²) in [4.78, 5) is 0. The second-order valence-electron chi connectivity index (χ2n) is 4.52. The van der Waals surface area contributed by atoms with Crippen molar-refractivity contribution >= 4 is 38.5 Å². The normalized spacial score (nSPS) is 10.8. The van der Waals surface area contributed by atoms with E-state index < -0.39 is 0 Å². The molecule has 1 aromatic heterocycles. The van der Waals surface area contributed by atoms with Gasteiger partial charge in [0.15, 0.2) is 0 Å². The third-order valence-electron chi connectivity index (χ3n) is 3.04. The summed E-state index contributed by atoms with van der Waals surface area (Å²) in [6.45, 7) is 0.653. The molecule has 0 fully saturated rings. The van der Waals surface area contributed by atoms with Gasteiger partial charge in [0.1, 0.15) is 15.2 Å². The molecule has 21 heavy (non-hydrogen) atoms. The molecule has 2 aromatic carbocycles. The minimum absolute atomic E-state index is 0.254. The van der Waals surface area contributed by atoms with Crippen molar-refractivity contribution < 1.29 is 4.39 Å². The topological polar surface area (TPSA) is 30.7 Å². The van der Waals surface area contributed by atoms with Gasteiger partial charge >= 0.3 is 0 Å². The predicted molar refractivity (Wildman–Crippen MR) is 91.4 cm³/mol. The molecular weight excluding hydrogens is 448 g/mol. The average molecular weight is 458 g/mol. The van der Waals surface area contributed by atoms with Crippen LogP contribution in [0.2, 0.25) is 0 Å². The Morgan fingerprint density at radius 2 is 1.71 bits per heavy atom. The Hall–Kier alpha value is -1.28. The third-order valence-corrected chi connectivity index (χ3v) is 4.63. The van der Waals surface area contributed by atoms with E-state index in [2.05, 4.69) is 48.8 Å². The first kappa shape index (κ1) is 14.6. The molecular formula is C15H10BrFIN3. The summed E-state index contributed by atoms with van der Waals surface area (Å²) in [6.07, 6.45) is 0. The van der Waals surface area contributed by atoms with Gasteiger partial charge in [-0.15, -0.1) is 5.10 Å². The Bertz CT molecular complexity index is 754. The first-order chi connectivity index (χ1) is 10.1. The predicted octanol–water partition coefficient (Wildman–Crippen LogP) is 4.50. The molecule has 0 spiro atoms. The molecule has 3 aromatic rings. The molecule has 106 valence electrons. The zero-order valence-corrected chi connectivity index (χ0v) is 14.5. The van der Waals surface area contributed by atoms with Gasteiger partial charge in [-0.2, -0.15) is 0 Å². The maximum atomic E-state index is 13.0. The summed E-state index contributed by atoms with van der Waals surface area (Å²) in [6, 6.07) is 14.4. The van der Waals surface area contributed by atoms with Crippen LogP contribution in [-0.2, 0) is 6.54 Å². The van der Waals surface area contributed by atoms with Crippen molar-refractivity contribution in [1.29, 1.82) is 0 Å². The number of nitrogens with zero attached hydrogens (tertiary/aromatic N) is 3. The molecule has 1 heterocycles. The molecule has 0 aliphatic heterocycles. The van der Waals surface area contributed by atoms with E-state index in [9.17, 15) is 4.39 Å². The molecule has 3 rings (SSSR count). The Morgan fingerprint density at radius 3 is 2.38 bits per heavy atom. The van der Waals surface area contributed by atoms with Crippen molar-refractivity contribution in [3.63, 3.8) is 0 Å². The Balaban J connectivity index is 1.88. The fraction of sp³-hybridized carbons (Fsp3) is 0.0667. The lowest BCUT2D eigenvalue weighted by molar-refractivity contribution is 0.628. The third kappa shape index (κ3) is 3.32. The molecule has 0 unspecified atom stereocenters. The Kier molecular flexibility index (Phi) is 4.34. The van der Waals surface area contributed by atoms with Crippen molar-refractivity contribution in [2.45, 2.75) is 6.54 Å². The maximum absolute atomic E-state index is 13.0. The van der Waals surface area contributed by atoms with Crippen molar-refractivity contribution in [3.05, 3.63) is 68.1 Å². The molecule has 0 saturated carbocycles. The standard InChI is InChI=1S/C15H10BrFIN3/c16-12-5-1-10(2-6-12)9-21-15(18)14(19-20-21)11-3-7-13(17)8-4-11/h1-8H,9H2. The summed E-state index contributed by atoms with van der Waals surface area (Å²) in [5.74, 6) is -0.254. The second kappa shape index (κ2) is 6.23. The van der Waals surface area contributed by atoms with Crippen molar-refractivity contribution in [2.24, 2.45) is 0 Å². The van der Waals surface area contributed by atoms with E-state index in [1.165, 1.54) is 12.1 Å². The lowest BCUT2D eigenvalue weighted by Crippen LogP contribution is -2.04. The van der Waals surface area contributed by atoms with Crippen LogP contribution >= 0.6 is 38.5 Å². The summed E-state index contributed by atoms with van der Waals surface area (Å²) in [5, 5.41) is 8.39. The van der Waals surface area contributed by atoms with Crippen LogP contribution in [0.25, 0.3) is 11.3 Å². The highest BCUT2D eigenvalue weighted by Gasteiger charge is 2.12. The van der Waals surface area contributed by atoms with Gasteiger partial charge in [0.2, 0.25) is 0 Å². The summed E-state index contributed by atoms with van der Waals surface area (Å²) in [5.41, 5.74) is 2.78. The molecule has 3 nitrogen and oxygen atoms in total. The van der Waals surface area contributed by atoms with Crippen LogP contribution in [0.5, 0.6) is 0 Å². The van der Waals surface area contributed by atoms with Crippen molar-refractivity contribution in [1.82, 2.24) is 15.0 Å². The van der Waals surface area contributed by atoms with Crippen LogP contribution in [-0.4, -0.2) is 15.0 Å². The highest BCUT2D eigenvalue weighted by molar-refractivity contribution is 14.1. The monoisotopic (exact) mass is 457 g/mol. The summed E-state index contributed by atoms with van der Waals surface area (Å²) in [7, 11) is 0. The van der Waals surface area contributed by atoms with E-state index in [1.54, 1.807) is 12.1 Å². The molecule has 0 atom stereocenters. The molecule has 0 aliphatic carbocycles. The molecule has 0 amide bonds. The fourth-order valence-corrected chi connectivity index (χ4v) is 2.90. The van der Waals surface area contributed by atoms with E-state index in [0.717, 1.165) is 25.0 Å². The largest absolute Gasteiger partial charge is 0.234 e. The van der Waals surface area contributed by atoms with Gasteiger partial charge in [-0.05, 0) is 64.6 Å². The van der Waals surface area contributed by atoms with Crippen LogP contribution in [0, 0.1) is 9.52 Å². The summed E-state index contributed by atoms with van der Waals surface area (Å²) < 4.78 is 16.8. The van der Waals surface area contributed by atoms with Crippen LogP contribution in [0.4, 0.5) is 4.39 Å². The van der Waals surface area contributed by atoms with Gasteiger partial charge < -0.3 is 0 Å². The highest BCUT2D eigenvalue weighted by atomic mass is 127. The molecule has 0 radical (unpaired) electrons. The fourth-order valence-electron chi connectivity index (χ4n) is 1.95. The summed E-state index contributed by atoms with van der Waals surface area (Å²) >= 11 is 5.64. The number of aromatic nitrogens is 3. The number of halogens is 3. The van der Waals surface area contributed by atoms with Gasteiger partial charge in [-0.1, -0.05) is 33.3 Å². The van der Waals surface area contributed by atoms with E-state index >= 15 is 0 Å². The molecule has 0 aliphatic rings. The first-order valence-electron chi connectivity index (χ1n) is 6.23. The van der Waals surface area contributed by atoms with Crippen LogP contribution in [0.15, 0.2) is 53.0 Å². The smallest absolute Gasteiger partial charge is 0.127 e. The number of hydrogen-bond acceptors (Lipinski definition) is 2. The molecule has 0 N–H and O–H groups in total. The van der Waals surface area contributed by atoms with Crippen molar-refractivity contribution in [3.8, 4) is 11.3 Å². The van der Waals surface area contributed by atoms with Crippen LogP contribution < -0.4 is 0 Å². The second-order valence-corrected chi connectivity index (χ2v) is 6.46. The molecule has 0 saturated heterocycles. The van der Waals surface area contributed by atoms with Crippen LogP contribution in [0.3, 0.4) is 0 Å². The minimum Gasteiger partial charge on any atom is -0.234 e. The quantitative estimate of drug-likeness (QED) is 0.542. The van der Waals surface area contributed by atoms with Gasteiger partial charge in [0.25, 0.3) is 0 Å². The lowest BCUT2D eigenvalue weighted by atomic mass is 10.2. The zero-order chi connectivity index (χ0) is 14.8. The van der Waals surface area contributed by atoms with Gasteiger partial charge in [0.05, 0.1) is 6.54 Å². The van der Waals surface area contributed by atoms with E-state index in [0.29, 0.717) is 6.54 Å². The average Bonchev–Trinajstić information content (AvgIpc) is 2.84. The Morgan fingerprint density at radius 1 is 1.05 bits per heavy atom. The minimum atomic E-state index is -0.254. The van der Waals surface area contributed by atoms with E-state index in [4.69, 9.17) is 0 Å². The van der Waals surface area contributed by atoms with Crippen LogP contribution in [0.1, 0.15) is 5.56 Å².